The zero-order valence-corrected chi connectivity index (χ0v) is 10.8. The van der Waals surface area contributed by atoms with E-state index in [1.165, 1.54) is 6.07 Å². The van der Waals surface area contributed by atoms with Crippen molar-refractivity contribution in [2.45, 2.75) is 25.3 Å². The molecule has 0 aliphatic carbocycles. The quantitative estimate of drug-likeness (QED) is 0.641. The SMILES string of the molecule is CC1(Nc2ccc(C#N)cc2[N+](=O)[O-])CCNCC1. The summed E-state index contributed by atoms with van der Waals surface area (Å²) in [7, 11) is 0. The topological polar surface area (TPSA) is 91.0 Å². The maximum absolute atomic E-state index is 11.1. The molecule has 1 aliphatic rings. The first-order valence-corrected chi connectivity index (χ1v) is 6.21. The lowest BCUT2D eigenvalue weighted by Gasteiger charge is -2.35. The Morgan fingerprint density at radius 2 is 2.16 bits per heavy atom. The normalized spacial score (nSPS) is 17.5. The first-order chi connectivity index (χ1) is 9.04. The zero-order chi connectivity index (χ0) is 13.9. The van der Waals surface area contributed by atoms with Crippen LogP contribution in [-0.2, 0) is 0 Å². The summed E-state index contributed by atoms with van der Waals surface area (Å²) in [5, 5.41) is 26.4. The minimum atomic E-state index is -0.451. The second-order valence-electron chi connectivity index (χ2n) is 5.04. The lowest BCUT2D eigenvalue weighted by molar-refractivity contribution is -0.384. The van der Waals surface area contributed by atoms with Crippen LogP contribution in [0.2, 0.25) is 0 Å². The van der Waals surface area contributed by atoms with Crippen molar-refractivity contribution in [2.24, 2.45) is 0 Å². The average molecular weight is 260 g/mol. The summed E-state index contributed by atoms with van der Waals surface area (Å²) in [5.41, 5.74) is 0.587. The van der Waals surface area contributed by atoms with Crippen molar-refractivity contribution in [1.29, 1.82) is 5.26 Å². The predicted octanol–water partition coefficient (Wildman–Crippen LogP) is 2.02. The molecular formula is C13H16N4O2. The number of anilines is 1. The minimum Gasteiger partial charge on any atom is -0.374 e. The number of hydrogen-bond donors (Lipinski definition) is 2. The molecular weight excluding hydrogens is 244 g/mol. The zero-order valence-electron chi connectivity index (χ0n) is 10.8. The van der Waals surface area contributed by atoms with Gasteiger partial charge in [-0.1, -0.05) is 0 Å². The summed E-state index contributed by atoms with van der Waals surface area (Å²) < 4.78 is 0. The highest BCUT2D eigenvalue weighted by Crippen LogP contribution is 2.31. The van der Waals surface area contributed by atoms with Crippen molar-refractivity contribution >= 4 is 11.4 Å². The van der Waals surface area contributed by atoms with E-state index in [1.807, 2.05) is 6.07 Å². The van der Waals surface area contributed by atoms with Crippen molar-refractivity contribution in [3.63, 3.8) is 0 Å². The number of nitriles is 1. The lowest BCUT2D eigenvalue weighted by atomic mass is 9.90. The Labute approximate surface area is 111 Å². The molecule has 2 N–H and O–H groups in total. The third-order valence-electron chi connectivity index (χ3n) is 3.47. The second kappa shape index (κ2) is 5.24. The Bertz CT molecular complexity index is 530. The van der Waals surface area contributed by atoms with Crippen LogP contribution in [0.15, 0.2) is 18.2 Å². The summed E-state index contributed by atoms with van der Waals surface area (Å²) in [6.45, 7) is 3.86. The fraction of sp³-hybridized carbons (Fsp3) is 0.462. The van der Waals surface area contributed by atoms with Crippen LogP contribution in [0.5, 0.6) is 0 Å². The number of nitrogens with one attached hydrogen (secondary N) is 2. The molecule has 0 saturated carbocycles. The summed E-state index contributed by atoms with van der Waals surface area (Å²) in [5.74, 6) is 0. The van der Waals surface area contributed by atoms with Gasteiger partial charge in [-0.3, -0.25) is 10.1 Å². The molecule has 0 unspecified atom stereocenters. The van der Waals surface area contributed by atoms with Gasteiger partial charge < -0.3 is 10.6 Å². The van der Waals surface area contributed by atoms with E-state index in [9.17, 15) is 10.1 Å². The molecule has 0 bridgehead atoms. The first-order valence-electron chi connectivity index (χ1n) is 6.21. The molecule has 6 nitrogen and oxygen atoms in total. The first kappa shape index (κ1) is 13.3. The van der Waals surface area contributed by atoms with Crippen LogP contribution in [-0.4, -0.2) is 23.6 Å². The van der Waals surface area contributed by atoms with Gasteiger partial charge in [-0.25, -0.2) is 0 Å². The number of benzene rings is 1. The van der Waals surface area contributed by atoms with Gasteiger partial charge in [-0.2, -0.15) is 5.26 Å². The number of nitro benzene ring substituents is 1. The van der Waals surface area contributed by atoms with Crippen molar-refractivity contribution in [2.75, 3.05) is 18.4 Å². The number of nitrogens with zero attached hydrogens (tertiary/aromatic N) is 2. The van der Waals surface area contributed by atoms with Gasteiger partial charge in [-0.05, 0) is 45.0 Å². The molecule has 1 aliphatic heterocycles. The van der Waals surface area contributed by atoms with Crippen LogP contribution >= 0.6 is 0 Å². The highest BCUT2D eigenvalue weighted by molar-refractivity contribution is 5.65. The van der Waals surface area contributed by atoms with Crippen molar-refractivity contribution < 1.29 is 4.92 Å². The summed E-state index contributed by atoms with van der Waals surface area (Å²) in [6.07, 6.45) is 1.81. The molecule has 0 radical (unpaired) electrons. The maximum atomic E-state index is 11.1. The molecule has 0 amide bonds. The number of piperidine rings is 1. The molecule has 0 spiro atoms. The van der Waals surface area contributed by atoms with Gasteiger partial charge in [-0.15, -0.1) is 0 Å². The van der Waals surface area contributed by atoms with Crippen LogP contribution in [0.4, 0.5) is 11.4 Å². The molecule has 0 aromatic heterocycles. The molecule has 0 atom stereocenters. The minimum absolute atomic E-state index is 0.0428. The Morgan fingerprint density at radius 3 is 2.74 bits per heavy atom. The van der Waals surface area contributed by atoms with E-state index in [2.05, 4.69) is 17.6 Å². The van der Waals surface area contributed by atoms with E-state index in [4.69, 9.17) is 5.26 Å². The molecule has 6 heteroatoms. The Kier molecular flexibility index (Phi) is 3.67. The second-order valence-corrected chi connectivity index (χ2v) is 5.04. The smallest absolute Gasteiger partial charge is 0.293 e. The highest BCUT2D eigenvalue weighted by atomic mass is 16.6. The van der Waals surface area contributed by atoms with Gasteiger partial charge >= 0.3 is 0 Å². The fourth-order valence-electron chi connectivity index (χ4n) is 2.29. The average Bonchev–Trinajstić information content (AvgIpc) is 2.39. The molecule has 1 saturated heterocycles. The van der Waals surface area contributed by atoms with E-state index in [-0.39, 0.29) is 11.2 Å². The largest absolute Gasteiger partial charge is 0.374 e. The van der Waals surface area contributed by atoms with Crippen LogP contribution in [0.1, 0.15) is 25.3 Å². The van der Waals surface area contributed by atoms with Crippen molar-refractivity contribution in [3.8, 4) is 6.07 Å². The fourth-order valence-corrected chi connectivity index (χ4v) is 2.29. The van der Waals surface area contributed by atoms with E-state index in [1.54, 1.807) is 12.1 Å². The van der Waals surface area contributed by atoms with E-state index < -0.39 is 4.92 Å². The van der Waals surface area contributed by atoms with Gasteiger partial charge in [0.1, 0.15) is 5.69 Å². The van der Waals surface area contributed by atoms with Gasteiger partial charge in [0.25, 0.3) is 5.69 Å². The van der Waals surface area contributed by atoms with Crippen molar-refractivity contribution in [1.82, 2.24) is 5.32 Å². The maximum Gasteiger partial charge on any atom is 0.293 e. The van der Waals surface area contributed by atoms with Crippen LogP contribution < -0.4 is 10.6 Å². The summed E-state index contributed by atoms with van der Waals surface area (Å²) in [4.78, 5) is 10.6. The van der Waals surface area contributed by atoms with E-state index in [0.717, 1.165) is 25.9 Å². The summed E-state index contributed by atoms with van der Waals surface area (Å²) >= 11 is 0. The lowest BCUT2D eigenvalue weighted by Crippen LogP contribution is -2.45. The molecule has 19 heavy (non-hydrogen) atoms. The molecule has 1 aromatic rings. The van der Waals surface area contributed by atoms with Gasteiger partial charge in [0.15, 0.2) is 0 Å². The van der Waals surface area contributed by atoms with E-state index in [0.29, 0.717) is 11.3 Å². The molecule has 1 aromatic carbocycles. The molecule has 2 rings (SSSR count). The number of rotatable bonds is 3. The van der Waals surface area contributed by atoms with Gasteiger partial charge in [0.2, 0.25) is 0 Å². The highest BCUT2D eigenvalue weighted by Gasteiger charge is 2.28. The Balaban J connectivity index is 2.29. The molecule has 100 valence electrons. The van der Waals surface area contributed by atoms with Gasteiger partial charge in [0, 0.05) is 11.6 Å². The van der Waals surface area contributed by atoms with Gasteiger partial charge in [0.05, 0.1) is 16.6 Å². The monoisotopic (exact) mass is 260 g/mol. The third kappa shape index (κ3) is 3.01. The third-order valence-corrected chi connectivity index (χ3v) is 3.47. The van der Waals surface area contributed by atoms with Crippen LogP contribution in [0.3, 0.4) is 0 Å². The predicted molar refractivity (Wildman–Crippen MR) is 71.9 cm³/mol. The van der Waals surface area contributed by atoms with Crippen molar-refractivity contribution in [3.05, 3.63) is 33.9 Å². The van der Waals surface area contributed by atoms with Crippen LogP contribution in [0, 0.1) is 21.4 Å². The Morgan fingerprint density at radius 1 is 1.47 bits per heavy atom. The molecule has 1 fully saturated rings. The van der Waals surface area contributed by atoms with E-state index >= 15 is 0 Å². The molecule has 1 heterocycles. The van der Waals surface area contributed by atoms with Crippen LogP contribution in [0.25, 0.3) is 0 Å². The summed E-state index contributed by atoms with van der Waals surface area (Å²) in [6, 6.07) is 6.44. The number of nitro groups is 1. The standard InChI is InChI=1S/C13H16N4O2/c1-13(4-6-15-7-5-13)16-11-3-2-10(9-14)8-12(11)17(18)19/h2-3,8,15-16H,4-7H2,1H3. The number of hydrogen-bond acceptors (Lipinski definition) is 5. The Hall–Kier alpha value is -2.13.